The fourth-order valence-electron chi connectivity index (χ4n) is 4.50. The van der Waals surface area contributed by atoms with Crippen molar-refractivity contribution in [2.24, 2.45) is 5.92 Å². The molecule has 1 amide bonds. The highest BCUT2D eigenvalue weighted by Gasteiger charge is 2.30. The van der Waals surface area contributed by atoms with E-state index in [0.717, 1.165) is 38.0 Å². The van der Waals surface area contributed by atoms with Crippen molar-refractivity contribution in [2.45, 2.75) is 31.8 Å². The van der Waals surface area contributed by atoms with E-state index < -0.39 is 17.1 Å². The molecule has 7 nitrogen and oxygen atoms in total. The number of hydrogen-bond donors (Lipinski definition) is 2. The maximum atomic E-state index is 13.6. The summed E-state index contributed by atoms with van der Waals surface area (Å²) in [4.78, 5) is 42.1. The predicted octanol–water partition coefficient (Wildman–Crippen LogP) is 2.74. The van der Waals surface area contributed by atoms with Crippen LogP contribution in [0.15, 0.2) is 46.0 Å². The van der Waals surface area contributed by atoms with Gasteiger partial charge in [0.25, 0.3) is 11.5 Å². The number of carbonyl (C=O) groups is 1. The zero-order chi connectivity index (χ0) is 23.1. The third kappa shape index (κ3) is 4.72. The van der Waals surface area contributed by atoms with Gasteiger partial charge >= 0.3 is 5.69 Å². The van der Waals surface area contributed by atoms with Gasteiger partial charge < -0.3 is 10.2 Å². The maximum Gasteiger partial charge on any atom is 0.329 e. The van der Waals surface area contributed by atoms with Crippen LogP contribution >= 0.6 is 11.6 Å². The molecule has 2 aliphatic rings. The van der Waals surface area contributed by atoms with Crippen molar-refractivity contribution < 1.29 is 9.18 Å². The molecule has 2 heterocycles. The quantitative estimate of drug-likeness (QED) is 0.580. The third-order valence-electron chi connectivity index (χ3n) is 6.40. The van der Waals surface area contributed by atoms with Gasteiger partial charge in [-0.2, -0.15) is 0 Å². The molecule has 2 fully saturated rings. The first-order valence-corrected chi connectivity index (χ1v) is 11.5. The molecule has 1 saturated carbocycles. The average molecular weight is 471 g/mol. The van der Waals surface area contributed by atoms with E-state index in [1.807, 2.05) is 0 Å². The fourth-order valence-corrected chi connectivity index (χ4v) is 4.70. The van der Waals surface area contributed by atoms with Gasteiger partial charge in [-0.3, -0.25) is 19.1 Å². The van der Waals surface area contributed by atoms with Crippen LogP contribution in [0.3, 0.4) is 0 Å². The molecule has 2 aromatic carbocycles. The van der Waals surface area contributed by atoms with Gasteiger partial charge in [0.2, 0.25) is 0 Å². The Morgan fingerprint density at radius 2 is 1.97 bits per heavy atom. The lowest BCUT2D eigenvalue weighted by Crippen LogP contribution is -2.37. The summed E-state index contributed by atoms with van der Waals surface area (Å²) < 4.78 is 15.0. The average Bonchev–Trinajstić information content (AvgIpc) is 3.49. The van der Waals surface area contributed by atoms with Crippen molar-refractivity contribution >= 4 is 28.4 Å². The number of aromatic nitrogens is 2. The second-order valence-electron chi connectivity index (χ2n) is 8.98. The number of amides is 1. The summed E-state index contributed by atoms with van der Waals surface area (Å²) in [5, 5.41) is 3.49. The van der Waals surface area contributed by atoms with Crippen LogP contribution in [-0.2, 0) is 6.54 Å². The Hall–Kier alpha value is -2.97. The first-order chi connectivity index (χ1) is 15.9. The first-order valence-electron chi connectivity index (χ1n) is 11.1. The van der Waals surface area contributed by atoms with Gasteiger partial charge in [0, 0.05) is 25.7 Å². The van der Waals surface area contributed by atoms with Crippen LogP contribution in [0.5, 0.6) is 0 Å². The third-order valence-corrected chi connectivity index (χ3v) is 6.73. The standard InChI is InChI=1S/C24H24ClFN4O3/c25-20-5-3-15(12-30-21-6-4-16(26)10-19(21)23(32)28-24(30)33)9-18(20)22(31)27-17-7-8-29(13-17)11-14-1-2-14/h3-6,9-10,14,17H,1-2,7-8,11-13H2,(H,27,31)(H,28,32,33). The normalized spacial score (nSPS) is 18.7. The molecule has 2 N–H and O–H groups in total. The Bertz CT molecular complexity index is 1350. The molecular weight excluding hydrogens is 447 g/mol. The topological polar surface area (TPSA) is 87.2 Å². The second kappa shape index (κ2) is 8.76. The number of aromatic amines is 1. The van der Waals surface area contributed by atoms with Gasteiger partial charge in [-0.05, 0) is 61.1 Å². The van der Waals surface area contributed by atoms with E-state index in [9.17, 15) is 18.8 Å². The van der Waals surface area contributed by atoms with Crippen molar-refractivity contribution in [3.8, 4) is 0 Å². The Balaban J connectivity index is 1.36. The Kier molecular flexibility index (Phi) is 5.80. The van der Waals surface area contributed by atoms with Gasteiger partial charge in [0.05, 0.1) is 28.0 Å². The van der Waals surface area contributed by atoms with E-state index >= 15 is 0 Å². The molecule has 33 heavy (non-hydrogen) atoms. The molecule has 1 aliphatic heterocycles. The molecule has 3 aromatic rings. The van der Waals surface area contributed by atoms with Crippen LogP contribution < -0.4 is 16.6 Å². The number of likely N-dealkylation sites (tertiary alicyclic amines) is 1. The number of fused-ring (bicyclic) bond motifs is 1. The lowest BCUT2D eigenvalue weighted by Gasteiger charge is -2.17. The van der Waals surface area contributed by atoms with Crippen LogP contribution in [0.2, 0.25) is 5.02 Å². The smallest absolute Gasteiger partial charge is 0.329 e. The fraction of sp³-hybridized carbons (Fsp3) is 0.375. The molecule has 0 radical (unpaired) electrons. The number of benzene rings is 2. The summed E-state index contributed by atoms with van der Waals surface area (Å²) in [5.41, 5.74) is 0.0533. The molecule has 1 saturated heterocycles. The number of H-pyrrole nitrogens is 1. The van der Waals surface area contributed by atoms with E-state index in [4.69, 9.17) is 11.6 Å². The number of nitrogens with zero attached hydrogens (tertiary/aromatic N) is 2. The van der Waals surface area contributed by atoms with E-state index in [2.05, 4.69) is 15.2 Å². The summed E-state index contributed by atoms with van der Waals surface area (Å²) in [6, 6.07) is 8.78. The summed E-state index contributed by atoms with van der Waals surface area (Å²) in [5.74, 6) is 0.00149. The van der Waals surface area contributed by atoms with Gasteiger partial charge in [0.15, 0.2) is 0 Å². The molecule has 9 heteroatoms. The lowest BCUT2D eigenvalue weighted by atomic mass is 10.1. The van der Waals surface area contributed by atoms with E-state index in [-0.39, 0.29) is 23.9 Å². The minimum absolute atomic E-state index is 0.0802. The maximum absolute atomic E-state index is 13.6. The minimum atomic E-state index is -0.644. The SMILES string of the molecule is O=C(NC1CCN(CC2CC2)C1)c1cc(Cn2c(=O)[nH]c(=O)c3cc(F)ccc32)ccc1Cl. The lowest BCUT2D eigenvalue weighted by molar-refractivity contribution is 0.0937. The van der Waals surface area contributed by atoms with E-state index in [1.54, 1.807) is 18.2 Å². The Morgan fingerprint density at radius 1 is 1.15 bits per heavy atom. The number of nitrogens with one attached hydrogen (secondary N) is 2. The highest BCUT2D eigenvalue weighted by Crippen LogP contribution is 2.30. The summed E-state index contributed by atoms with van der Waals surface area (Å²) in [7, 11) is 0. The first kappa shape index (κ1) is 21.9. The molecule has 1 aliphatic carbocycles. The summed E-state index contributed by atoms with van der Waals surface area (Å²) >= 11 is 6.32. The largest absolute Gasteiger partial charge is 0.348 e. The molecular formula is C24H24ClFN4O3. The van der Waals surface area contributed by atoms with Crippen LogP contribution in [0.25, 0.3) is 10.9 Å². The number of halogens is 2. The van der Waals surface area contributed by atoms with Crippen LogP contribution in [-0.4, -0.2) is 46.0 Å². The van der Waals surface area contributed by atoms with Gasteiger partial charge in [-0.25, -0.2) is 9.18 Å². The van der Waals surface area contributed by atoms with Crippen molar-refractivity contribution in [2.75, 3.05) is 19.6 Å². The van der Waals surface area contributed by atoms with E-state index in [1.165, 1.54) is 29.5 Å². The number of carbonyl (C=O) groups excluding carboxylic acids is 1. The zero-order valence-corrected chi connectivity index (χ0v) is 18.7. The molecule has 0 bridgehead atoms. The van der Waals surface area contributed by atoms with Crippen molar-refractivity contribution in [1.82, 2.24) is 19.8 Å². The molecule has 1 aromatic heterocycles. The summed E-state index contributed by atoms with van der Waals surface area (Å²) in [6.45, 7) is 3.02. The van der Waals surface area contributed by atoms with Gasteiger partial charge in [-0.1, -0.05) is 17.7 Å². The highest BCUT2D eigenvalue weighted by molar-refractivity contribution is 6.33. The van der Waals surface area contributed by atoms with Crippen molar-refractivity contribution in [3.05, 3.63) is 79.2 Å². The van der Waals surface area contributed by atoms with Crippen molar-refractivity contribution in [1.29, 1.82) is 0 Å². The van der Waals surface area contributed by atoms with Crippen LogP contribution in [0.1, 0.15) is 35.2 Å². The summed E-state index contributed by atoms with van der Waals surface area (Å²) in [6.07, 6.45) is 3.52. The van der Waals surface area contributed by atoms with Crippen LogP contribution in [0.4, 0.5) is 4.39 Å². The van der Waals surface area contributed by atoms with E-state index in [0.29, 0.717) is 21.7 Å². The molecule has 5 rings (SSSR count). The number of hydrogen-bond acceptors (Lipinski definition) is 4. The zero-order valence-electron chi connectivity index (χ0n) is 17.9. The Morgan fingerprint density at radius 3 is 2.76 bits per heavy atom. The predicted molar refractivity (Wildman–Crippen MR) is 124 cm³/mol. The van der Waals surface area contributed by atoms with Crippen molar-refractivity contribution in [3.63, 3.8) is 0 Å². The monoisotopic (exact) mass is 470 g/mol. The van der Waals surface area contributed by atoms with Crippen LogP contribution in [0, 0.1) is 11.7 Å². The van der Waals surface area contributed by atoms with Gasteiger partial charge in [-0.15, -0.1) is 0 Å². The number of rotatable bonds is 6. The second-order valence-corrected chi connectivity index (χ2v) is 9.39. The highest BCUT2D eigenvalue weighted by atomic mass is 35.5. The molecule has 1 unspecified atom stereocenters. The molecule has 1 atom stereocenters. The minimum Gasteiger partial charge on any atom is -0.348 e. The Labute approximate surface area is 194 Å². The molecule has 0 spiro atoms. The molecule has 172 valence electrons. The van der Waals surface area contributed by atoms with Gasteiger partial charge in [0.1, 0.15) is 5.82 Å².